The zero-order chi connectivity index (χ0) is 28.1. The first kappa shape index (κ1) is 27.4. The number of fused-ring (bicyclic) bond motifs is 2. The lowest BCUT2D eigenvalue weighted by Crippen LogP contribution is -2.64. The van der Waals surface area contributed by atoms with E-state index in [1.54, 1.807) is 6.33 Å². The van der Waals surface area contributed by atoms with Crippen molar-refractivity contribution in [1.29, 1.82) is 5.26 Å². The monoisotopic (exact) mass is 532 g/mol. The Morgan fingerprint density at radius 1 is 1.13 bits per heavy atom. The van der Waals surface area contributed by atoms with Gasteiger partial charge in [0.05, 0.1) is 17.2 Å². The molecule has 1 aliphatic carbocycles. The fourth-order valence-electron chi connectivity index (χ4n) is 7.07. The fourth-order valence-corrected chi connectivity index (χ4v) is 7.07. The van der Waals surface area contributed by atoms with Gasteiger partial charge in [-0.15, -0.1) is 0 Å². The summed E-state index contributed by atoms with van der Waals surface area (Å²) in [5.74, 6) is 3.19. The van der Waals surface area contributed by atoms with Crippen LogP contribution in [0.4, 0.5) is 11.6 Å². The lowest BCUT2D eigenvalue weighted by molar-refractivity contribution is -0.144. The Balaban J connectivity index is 1.49. The predicted octanol–water partition coefficient (Wildman–Crippen LogP) is 3.50. The van der Waals surface area contributed by atoms with Crippen LogP contribution in [0.25, 0.3) is 0 Å². The average molecular weight is 533 g/mol. The number of anilines is 2. The maximum atomic E-state index is 13.8. The third-order valence-corrected chi connectivity index (χ3v) is 9.80. The minimum absolute atomic E-state index is 0.0136. The molecule has 1 aromatic rings. The van der Waals surface area contributed by atoms with Gasteiger partial charge in [0.25, 0.3) is 0 Å². The molecule has 0 radical (unpaired) electrons. The van der Waals surface area contributed by atoms with Crippen molar-refractivity contribution in [2.45, 2.75) is 82.8 Å². The number of allylic oxidation sites excluding steroid dienone is 3. The Labute approximate surface area is 233 Å². The molecule has 2 unspecified atom stereocenters. The minimum Gasteiger partial charge on any atom is -0.364 e. The fraction of sp³-hybridized carbons (Fsp3) is 0.667. The number of rotatable bonds is 5. The molecule has 5 rings (SSSR count). The topological polar surface area (TPSA) is 82.8 Å². The SMILES string of the molecule is C/C=C(C#N)\C=C(/N(C)C)N1CC2(CCC2)c2c1ncnc2N1C[C@@H](C)N(C(=O)C2(C)CCCN2C)CC1C. The van der Waals surface area contributed by atoms with Crippen LogP contribution >= 0.6 is 0 Å². The van der Waals surface area contributed by atoms with Crippen LogP contribution in [0.15, 0.2) is 29.9 Å². The lowest BCUT2D eigenvalue weighted by Gasteiger charge is -2.49. The van der Waals surface area contributed by atoms with Crippen LogP contribution < -0.4 is 9.80 Å². The Bertz CT molecular complexity index is 1230. The second kappa shape index (κ2) is 10.1. The van der Waals surface area contributed by atoms with E-state index < -0.39 is 5.54 Å². The number of amides is 1. The van der Waals surface area contributed by atoms with E-state index in [4.69, 9.17) is 9.97 Å². The molecule has 39 heavy (non-hydrogen) atoms. The van der Waals surface area contributed by atoms with E-state index in [1.165, 1.54) is 12.0 Å². The van der Waals surface area contributed by atoms with Gasteiger partial charge in [0.2, 0.25) is 5.91 Å². The molecule has 4 heterocycles. The Morgan fingerprint density at radius 3 is 2.41 bits per heavy atom. The van der Waals surface area contributed by atoms with Gasteiger partial charge in [-0.3, -0.25) is 9.69 Å². The van der Waals surface area contributed by atoms with Gasteiger partial charge in [0.1, 0.15) is 23.8 Å². The van der Waals surface area contributed by atoms with Crippen molar-refractivity contribution in [1.82, 2.24) is 24.7 Å². The summed E-state index contributed by atoms with van der Waals surface area (Å²) in [5.41, 5.74) is 1.48. The number of carbonyl (C=O) groups is 1. The molecule has 0 bridgehead atoms. The van der Waals surface area contributed by atoms with Crippen molar-refractivity contribution in [3.05, 3.63) is 35.4 Å². The summed E-state index contributed by atoms with van der Waals surface area (Å²) in [5, 5.41) is 9.62. The Morgan fingerprint density at radius 2 is 1.85 bits per heavy atom. The van der Waals surface area contributed by atoms with Crippen molar-refractivity contribution in [2.24, 2.45) is 0 Å². The number of nitriles is 1. The van der Waals surface area contributed by atoms with Crippen molar-refractivity contribution in [3.8, 4) is 6.07 Å². The van der Waals surface area contributed by atoms with Crippen molar-refractivity contribution in [3.63, 3.8) is 0 Å². The molecule has 1 saturated carbocycles. The highest BCUT2D eigenvalue weighted by Crippen LogP contribution is 2.56. The van der Waals surface area contributed by atoms with Crippen LogP contribution in [0.1, 0.15) is 65.4 Å². The molecule has 3 atom stereocenters. The molecule has 210 valence electrons. The molecule has 1 spiro atoms. The molecular formula is C30H44N8O. The van der Waals surface area contributed by atoms with Crippen LogP contribution in [0.5, 0.6) is 0 Å². The number of piperazine rings is 1. The van der Waals surface area contributed by atoms with Gasteiger partial charge in [-0.1, -0.05) is 12.5 Å². The van der Waals surface area contributed by atoms with Crippen molar-refractivity contribution < 1.29 is 4.79 Å². The smallest absolute Gasteiger partial charge is 0.243 e. The van der Waals surface area contributed by atoms with Crippen LogP contribution in [0.3, 0.4) is 0 Å². The highest BCUT2D eigenvalue weighted by molar-refractivity contribution is 5.87. The quantitative estimate of drug-likeness (QED) is 0.421. The average Bonchev–Trinajstić information content (AvgIpc) is 3.43. The van der Waals surface area contributed by atoms with Gasteiger partial charge in [-0.05, 0) is 73.0 Å². The van der Waals surface area contributed by atoms with Crippen molar-refractivity contribution >= 4 is 17.5 Å². The second-order valence-electron chi connectivity index (χ2n) is 12.5. The molecule has 1 aromatic heterocycles. The van der Waals surface area contributed by atoms with Gasteiger partial charge < -0.3 is 19.6 Å². The number of hydrogen-bond donors (Lipinski definition) is 0. The Hall–Kier alpha value is -3.12. The molecule has 9 heteroatoms. The summed E-state index contributed by atoms with van der Waals surface area (Å²) in [6.07, 6.45) is 10.9. The van der Waals surface area contributed by atoms with E-state index >= 15 is 0 Å². The van der Waals surface area contributed by atoms with Gasteiger partial charge in [-0.25, -0.2) is 9.97 Å². The summed E-state index contributed by atoms with van der Waals surface area (Å²) >= 11 is 0. The lowest BCUT2D eigenvalue weighted by atomic mass is 9.66. The largest absolute Gasteiger partial charge is 0.364 e. The number of likely N-dealkylation sites (N-methyl/N-ethyl adjacent to an activating group) is 1. The van der Waals surface area contributed by atoms with E-state index in [0.717, 1.165) is 62.8 Å². The third-order valence-electron chi connectivity index (χ3n) is 9.80. The first-order valence-corrected chi connectivity index (χ1v) is 14.4. The second-order valence-corrected chi connectivity index (χ2v) is 12.5. The molecule has 0 aromatic carbocycles. The molecule has 1 amide bonds. The molecular weight excluding hydrogens is 488 g/mol. The van der Waals surface area contributed by atoms with E-state index in [1.807, 2.05) is 33.2 Å². The van der Waals surface area contributed by atoms with E-state index in [0.29, 0.717) is 12.1 Å². The van der Waals surface area contributed by atoms with Crippen LogP contribution in [0, 0.1) is 11.3 Å². The molecule has 3 aliphatic heterocycles. The molecule has 9 nitrogen and oxygen atoms in total. The van der Waals surface area contributed by atoms with Crippen LogP contribution in [-0.4, -0.2) is 95.5 Å². The molecule has 2 saturated heterocycles. The van der Waals surface area contributed by atoms with Gasteiger partial charge in [0.15, 0.2) is 0 Å². The predicted molar refractivity (Wildman–Crippen MR) is 154 cm³/mol. The van der Waals surface area contributed by atoms with Crippen LogP contribution in [-0.2, 0) is 10.2 Å². The zero-order valence-corrected chi connectivity index (χ0v) is 24.7. The summed E-state index contributed by atoms with van der Waals surface area (Å²) in [4.78, 5) is 34.7. The highest BCUT2D eigenvalue weighted by atomic mass is 16.2. The van der Waals surface area contributed by atoms with Gasteiger partial charge in [-0.2, -0.15) is 5.26 Å². The summed E-state index contributed by atoms with van der Waals surface area (Å²) in [6, 6.07) is 2.53. The first-order valence-electron chi connectivity index (χ1n) is 14.4. The van der Waals surface area contributed by atoms with E-state index in [9.17, 15) is 10.1 Å². The number of carbonyl (C=O) groups excluding carboxylic acids is 1. The maximum absolute atomic E-state index is 13.8. The highest BCUT2D eigenvalue weighted by Gasteiger charge is 2.53. The first-order chi connectivity index (χ1) is 18.6. The summed E-state index contributed by atoms with van der Waals surface area (Å²) in [6.45, 7) is 11.7. The Kier molecular flexibility index (Phi) is 7.13. The normalized spacial score (nSPS) is 28.9. The molecule has 4 aliphatic rings. The van der Waals surface area contributed by atoms with E-state index in [2.05, 4.69) is 58.4 Å². The third kappa shape index (κ3) is 4.37. The zero-order valence-electron chi connectivity index (χ0n) is 24.7. The number of nitrogens with zero attached hydrogens (tertiary/aromatic N) is 8. The van der Waals surface area contributed by atoms with Gasteiger partial charge in [0, 0.05) is 56.8 Å². The van der Waals surface area contributed by atoms with Crippen LogP contribution in [0.2, 0.25) is 0 Å². The molecule has 0 N–H and O–H groups in total. The van der Waals surface area contributed by atoms with Crippen molar-refractivity contribution in [2.75, 3.05) is 57.1 Å². The standard InChI is InChI=1S/C30H44N8O/c1-8-23(16-31)15-24(34(5)6)38-19-30(12-9-13-30)25-26(32-20-33-27(25)38)36-17-22(3)37(18-21(36)2)28(39)29(4)11-10-14-35(29)7/h8,15,20-22H,9-14,17-19H2,1-7H3/b23-8+,24-15+/t21?,22-,29?/m1/s1. The molecule has 3 fully saturated rings. The van der Waals surface area contributed by atoms with Gasteiger partial charge >= 0.3 is 0 Å². The number of hydrogen-bond acceptors (Lipinski definition) is 8. The summed E-state index contributed by atoms with van der Waals surface area (Å²) < 4.78 is 0. The number of likely N-dealkylation sites (tertiary alicyclic amines) is 1. The number of aromatic nitrogens is 2. The maximum Gasteiger partial charge on any atom is 0.243 e. The minimum atomic E-state index is -0.410. The van der Waals surface area contributed by atoms with E-state index in [-0.39, 0.29) is 23.4 Å². The summed E-state index contributed by atoms with van der Waals surface area (Å²) in [7, 11) is 6.12.